The molecule has 0 saturated heterocycles. The number of fused-ring (bicyclic) bond motifs is 3. The van der Waals surface area contributed by atoms with Crippen molar-refractivity contribution in [1.82, 2.24) is 15.3 Å². The van der Waals surface area contributed by atoms with E-state index in [9.17, 15) is 4.79 Å². The van der Waals surface area contributed by atoms with Crippen LogP contribution in [0.25, 0.3) is 17.2 Å². The molecule has 1 aliphatic rings. The molecule has 4 rings (SSSR count). The van der Waals surface area contributed by atoms with Crippen molar-refractivity contribution in [3.63, 3.8) is 0 Å². The molecule has 7 heteroatoms. The Balaban J connectivity index is 1.28. The van der Waals surface area contributed by atoms with Crippen LogP contribution in [0.3, 0.4) is 0 Å². The van der Waals surface area contributed by atoms with Crippen LogP contribution in [0.5, 0.6) is 0 Å². The SMILES string of the molecule is Nc1ncc(C=CCCNC(=O)OCC2c3ccccc3-c3ccccc32)c(Cl)n1. The van der Waals surface area contributed by atoms with Crippen LogP contribution < -0.4 is 11.1 Å². The summed E-state index contributed by atoms with van der Waals surface area (Å²) in [6.45, 7) is 0.745. The first-order chi connectivity index (χ1) is 14.6. The van der Waals surface area contributed by atoms with Crippen LogP contribution in [0, 0.1) is 0 Å². The summed E-state index contributed by atoms with van der Waals surface area (Å²) in [5.74, 6) is 0.185. The maximum Gasteiger partial charge on any atom is 0.407 e. The lowest BCUT2D eigenvalue weighted by molar-refractivity contribution is 0.143. The number of amides is 1. The van der Waals surface area contributed by atoms with Gasteiger partial charge in [-0.15, -0.1) is 0 Å². The van der Waals surface area contributed by atoms with Crippen molar-refractivity contribution in [2.75, 3.05) is 18.9 Å². The van der Waals surface area contributed by atoms with E-state index in [1.165, 1.54) is 22.3 Å². The van der Waals surface area contributed by atoms with Gasteiger partial charge in [-0.25, -0.2) is 14.8 Å². The van der Waals surface area contributed by atoms with Crippen LogP contribution in [-0.2, 0) is 4.74 Å². The highest BCUT2D eigenvalue weighted by Crippen LogP contribution is 2.44. The van der Waals surface area contributed by atoms with E-state index >= 15 is 0 Å². The highest BCUT2D eigenvalue weighted by molar-refractivity contribution is 6.30. The van der Waals surface area contributed by atoms with E-state index in [4.69, 9.17) is 22.1 Å². The molecule has 30 heavy (non-hydrogen) atoms. The standard InChI is InChI=1S/C23H21ClN4O2/c24-21-15(13-27-22(25)28-21)7-5-6-12-26-23(29)30-14-20-18-10-3-1-8-16(18)17-9-2-4-11-19(17)20/h1-5,7-11,13,20H,6,12,14H2,(H,26,29)(H2,25,27,28). The highest BCUT2D eigenvalue weighted by atomic mass is 35.5. The van der Waals surface area contributed by atoms with E-state index < -0.39 is 6.09 Å². The Morgan fingerprint density at radius 1 is 1.13 bits per heavy atom. The zero-order valence-electron chi connectivity index (χ0n) is 16.2. The molecule has 0 bridgehead atoms. The van der Waals surface area contributed by atoms with E-state index in [0.717, 1.165) is 0 Å². The van der Waals surface area contributed by atoms with Crippen molar-refractivity contribution >= 4 is 29.7 Å². The average molecular weight is 421 g/mol. The molecule has 0 unspecified atom stereocenters. The number of anilines is 1. The van der Waals surface area contributed by atoms with Gasteiger partial charge in [0.1, 0.15) is 11.8 Å². The Morgan fingerprint density at radius 3 is 2.47 bits per heavy atom. The largest absolute Gasteiger partial charge is 0.449 e. The molecule has 0 atom stereocenters. The Hall–Kier alpha value is -3.38. The number of rotatable bonds is 6. The lowest BCUT2D eigenvalue weighted by Crippen LogP contribution is -2.26. The Morgan fingerprint density at radius 2 is 1.80 bits per heavy atom. The third-order valence-electron chi connectivity index (χ3n) is 5.01. The first-order valence-electron chi connectivity index (χ1n) is 9.67. The van der Waals surface area contributed by atoms with Gasteiger partial charge in [0.2, 0.25) is 5.95 Å². The number of hydrogen-bond acceptors (Lipinski definition) is 5. The van der Waals surface area contributed by atoms with Crippen LogP contribution >= 0.6 is 11.6 Å². The van der Waals surface area contributed by atoms with Crippen LogP contribution in [0.1, 0.15) is 29.0 Å². The Kier molecular flexibility index (Phi) is 5.95. The van der Waals surface area contributed by atoms with Crippen molar-refractivity contribution in [3.8, 4) is 11.1 Å². The molecule has 0 fully saturated rings. The topological polar surface area (TPSA) is 90.1 Å². The lowest BCUT2D eigenvalue weighted by Gasteiger charge is -2.14. The Bertz CT molecular complexity index is 1050. The fourth-order valence-electron chi connectivity index (χ4n) is 3.61. The minimum Gasteiger partial charge on any atom is -0.449 e. The summed E-state index contributed by atoms with van der Waals surface area (Å²) in [6, 6.07) is 16.5. The van der Waals surface area contributed by atoms with Gasteiger partial charge < -0.3 is 15.8 Å². The molecule has 0 radical (unpaired) electrons. The van der Waals surface area contributed by atoms with Crippen molar-refractivity contribution in [1.29, 1.82) is 0 Å². The molecule has 3 aromatic rings. The second kappa shape index (κ2) is 8.97. The van der Waals surface area contributed by atoms with Gasteiger partial charge in [-0.3, -0.25) is 0 Å². The van der Waals surface area contributed by atoms with Gasteiger partial charge in [-0.05, 0) is 28.7 Å². The molecule has 0 saturated carbocycles. The normalized spacial score (nSPS) is 12.6. The second-order valence-corrected chi connectivity index (χ2v) is 7.28. The molecule has 152 valence electrons. The average Bonchev–Trinajstić information content (AvgIpc) is 3.07. The van der Waals surface area contributed by atoms with Gasteiger partial charge in [0.25, 0.3) is 0 Å². The number of nitrogens with zero attached hydrogens (tertiary/aromatic N) is 2. The van der Waals surface area contributed by atoms with Gasteiger partial charge in [0.15, 0.2) is 0 Å². The van der Waals surface area contributed by atoms with Gasteiger partial charge in [0.05, 0.1) is 0 Å². The van der Waals surface area contributed by atoms with Crippen molar-refractivity contribution in [2.45, 2.75) is 12.3 Å². The molecular formula is C23H21ClN4O2. The number of hydrogen-bond donors (Lipinski definition) is 2. The first-order valence-corrected chi connectivity index (χ1v) is 10.0. The van der Waals surface area contributed by atoms with Crippen molar-refractivity contribution < 1.29 is 9.53 Å². The number of nitrogens with one attached hydrogen (secondary N) is 1. The van der Waals surface area contributed by atoms with E-state index in [-0.39, 0.29) is 11.9 Å². The smallest absolute Gasteiger partial charge is 0.407 e. The molecule has 1 heterocycles. The van der Waals surface area contributed by atoms with Gasteiger partial charge in [-0.2, -0.15) is 0 Å². The molecule has 0 spiro atoms. The molecule has 2 aromatic carbocycles. The number of halogens is 1. The fourth-order valence-corrected chi connectivity index (χ4v) is 3.81. The van der Waals surface area contributed by atoms with Crippen molar-refractivity contribution in [2.24, 2.45) is 0 Å². The zero-order chi connectivity index (χ0) is 20.9. The van der Waals surface area contributed by atoms with Crippen LogP contribution in [0.2, 0.25) is 5.15 Å². The summed E-state index contributed by atoms with van der Waals surface area (Å²) in [7, 11) is 0. The zero-order valence-corrected chi connectivity index (χ0v) is 17.0. The quantitative estimate of drug-likeness (QED) is 0.447. The summed E-state index contributed by atoms with van der Waals surface area (Å²) in [6.07, 6.45) is 5.41. The summed E-state index contributed by atoms with van der Waals surface area (Å²) < 4.78 is 5.51. The number of nitrogen functional groups attached to an aromatic ring is 1. The lowest BCUT2D eigenvalue weighted by atomic mass is 9.98. The summed E-state index contributed by atoms with van der Waals surface area (Å²) in [5, 5.41) is 3.06. The van der Waals surface area contributed by atoms with Crippen molar-refractivity contribution in [3.05, 3.63) is 82.6 Å². The molecular weight excluding hydrogens is 400 g/mol. The highest BCUT2D eigenvalue weighted by Gasteiger charge is 2.28. The van der Waals surface area contributed by atoms with Gasteiger partial charge in [0, 0.05) is 24.2 Å². The third kappa shape index (κ3) is 4.28. The molecule has 0 aliphatic heterocycles. The number of ether oxygens (including phenoxy) is 1. The maximum atomic E-state index is 12.1. The van der Waals surface area contributed by atoms with Crippen LogP contribution in [0.15, 0.2) is 60.8 Å². The molecule has 6 nitrogen and oxygen atoms in total. The first kappa shape index (κ1) is 19.9. The van der Waals surface area contributed by atoms with Gasteiger partial charge >= 0.3 is 6.09 Å². The fraction of sp³-hybridized carbons (Fsp3) is 0.174. The minimum absolute atomic E-state index is 0.0516. The molecule has 1 aromatic heterocycles. The minimum atomic E-state index is -0.431. The summed E-state index contributed by atoms with van der Waals surface area (Å²) >= 11 is 6.00. The number of carbonyl (C=O) groups is 1. The van der Waals surface area contributed by atoms with E-state index in [1.54, 1.807) is 12.3 Å². The number of aromatic nitrogens is 2. The maximum absolute atomic E-state index is 12.1. The van der Waals surface area contributed by atoms with E-state index in [2.05, 4.69) is 39.6 Å². The number of carbonyl (C=O) groups excluding carboxylic acids is 1. The van der Waals surface area contributed by atoms with Crippen LogP contribution in [-0.4, -0.2) is 29.2 Å². The third-order valence-corrected chi connectivity index (χ3v) is 5.31. The van der Waals surface area contributed by atoms with Gasteiger partial charge in [-0.1, -0.05) is 72.3 Å². The number of nitrogens with two attached hydrogens (primary N) is 1. The summed E-state index contributed by atoms with van der Waals surface area (Å²) in [4.78, 5) is 19.9. The van der Waals surface area contributed by atoms with E-state index in [0.29, 0.717) is 30.3 Å². The molecule has 1 amide bonds. The number of benzene rings is 2. The molecule has 1 aliphatic carbocycles. The predicted octanol–water partition coefficient (Wildman–Crippen LogP) is 4.65. The molecule has 3 N–H and O–H groups in total. The Labute approximate surface area is 179 Å². The predicted molar refractivity (Wildman–Crippen MR) is 118 cm³/mol. The van der Waals surface area contributed by atoms with Crippen LogP contribution in [0.4, 0.5) is 10.7 Å². The second-order valence-electron chi connectivity index (χ2n) is 6.92. The van der Waals surface area contributed by atoms with E-state index in [1.807, 2.05) is 30.3 Å². The monoisotopic (exact) mass is 420 g/mol. The summed E-state index contributed by atoms with van der Waals surface area (Å²) in [5.41, 5.74) is 10.9. The number of alkyl carbamates (subject to hydrolysis) is 1.